The van der Waals surface area contributed by atoms with Crippen molar-refractivity contribution < 1.29 is 19.3 Å². The van der Waals surface area contributed by atoms with Gasteiger partial charge in [-0.25, -0.2) is 19.2 Å². The van der Waals surface area contributed by atoms with Gasteiger partial charge in [0, 0.05) is 47.8 Å². The number of benzene rings is 3. The van der Waals surface area contributed by atoms with Crippen LogP contribution in [0.1, 0.15) is 27.0 Å². The van der Waals surface area contributed by atoms with Gasteiger partial charge in [0.05, 0.1) is 23.3 Å². The zero-order valence-electron chi connectivity index (χ0n) is 20.3. The summed E-state index contributed by atoms with van der Waals surface area (Å²) in [5.41, 5.74) is 6.66. The number of ether oxygens (including phenoxy) is 1. The van der Waals surface area contributed by atoms with Crippen LogP contribution in [-0.2, 0) is 17.7 Å². The van der Waals surface area contributed by atoms with Gasteiger partial charge in [-0.05, 0) is 59.7 Å². The summed E-state index contributed by atoms with van der Waals surface area (Å²) in [4.78, 5) is 21.0. The van der Waals surface area contributed by atoms with Gasteiger partial charge in [-0.15, -0.1) is 0 Å². The van der Waals surface area contributed by atoms with E-state index in [1.165, 1.54) is 24.7 Å². The van der Waals surface area contributed by atoms with Crippen LogP contribution in [0.2, 0.25) is 0 Å². The van der Waals surface area contributed by atoms with Crippen molar-refractivity contribution in [3.05, 3.63) is 107 Å². The van der Waals surface area contributed by atoms with Crippen LogP contribution in [0.5, 0.6) is 0 Å². The molecule has 0 bridgehead atoms. The van der Waals surface area contributed by atoms with E-state index in [2.05, 4.69) is 20.6 Å². The van der Waals surface area contributed by atoms with Gasteiger partial charge in [-0.2, -0.15) is 0 Å². The second-order valence-electron chi connectivity index (χ2n) is 8.99. The summed E-state index contributed by atoms with van der Waals surface area (Å²) in [6.07, 6.45) is 7.52. The molecule has 0 fully saturated rings. The number of carbonyl (C=O) groups is 1. The van der Waals surface area contributed by atoms with Gasteiger partial charge in [0.15, 0.2) is 6.21 Å². The molecule has 6 rings (SSSR count). The molecule has 38 heavy (non-hydrogen) atoms. The molecule has 5 aromatic rings. The number of fused-ring (bicyclic) bond motifs is 2. The Labute approximate surface area is 217 Å². The molecular formula is C29H24FN6O2+. The third kappa shape index (κ3) is 4.57. The lowest BCUT2D eigenvalue weighted by Crippen LogP contribution is -2.30. The second kappa shape index (κ2) is 9.78. The lowest BCUT2D eigenvalue weighted by atomic mass is 10.1. The van der Waals surface area contributed by atoms with Crippen molar-refractivity contribution in [2.24, 2.45) is 0 Å². The molecule has 1 aliphatic heterocycles. The molecule has 3 heterocycles. The first-order valence-corrected chi connectivity index (χ1v) is 12.1. The summed E-state index contributed by atoms with van der Waals surface area (Å²) in [7, 11) is 0. The van der Waals surface area contributed by atoms with Gasteiger partial charge in [0.2, 0.25) is 0 Å². The Morgan fingerprint density at radius 1 is 1.05 bits per heavy atom. The molecule has 0 aliphatic carbocycles. The molecule has 8 nitrogen and oxygen atoms in total. The molecule has 0 saturated carbocycles. The lowest BCUT2D eigenvalue weighted by molar-refractivity contribution is -0.104. The number of anilines is 3. The molecular weight excluding hydrogens is 483 g/mol. The number of aromatic nitrogens is 3. The average molecular weight is 508 g/mol. The average Bonchev–Trinajstić information content (AvgIpc) is 3.39. The normalized spacial score (nSPS) is 12.6. The Morgan fingerprint density at radius 2 is 1.92 bits per heavy atom. The minimum Gasteiger partial charge on any atom is -0.462 e. The summed E-state index contributed by atoms with van der Waals surface area (Å²) in [5.74, 6) is 0.0875. The van der Waals surface area contributed by atoms with Gasteiger partial charge >= 0.3 is 5.97 Å². The van der Waals surface area contributed by atoms with Crippen LogP contribution in [-0.4, -0.2) is 33.3 Å². The fourth-order valence-electron chi connectivity index (χ4n) is 4.54. The van der Waals surface area contributed by atoms with E-state index in [0.717, 1.165) is 44.7 Å². The number of cyclic esters (lactones) is 1. The molecule has 0 spiro atoms. The molecule has 188 valence electrons. The van der Waals surface area contributed by atoms with Crippen LogP contribution >= 0.6 is 0 Å². The van der Waals surface area contributed by atoms with E-state index >= 15 is 0 Å². The Kier molecular flexibility index (Phi) is 6.01. The molecule has 0 amide bonds. The summed E-state index contributed by atoms with van der Waals surface area (Å²) in [6, 6.07) is 18.0. The zero-order valence-corrected chi connectivity index (χ0v) is 20.3. The minimum atomic E-state index is -0.292. The maximum atomic E-state index is 13.2. The van der Waals surface area contributed by atoms with Gasteiger partial charge in [-0.1, -0.05) is 12.1 Å². The second-order valence-corrected chi connectivity index (χ2v) is 8.99. The number of nitrogens with two attached hydrogens (primary N) is 1. The van der Waals surface area contributed by atoms with E-state index in [0.29, 0.717) is 31.0 Å². The van der Waals surface area contributed by atoms with Crippen molar-refractivity contribution in [1.29, 1.82) is 0 Å². The number of hydrogen-bond acceptors (Lipinski definition) is 6. The Bertz CT molecular complexity index is 1680. The summed E-state index contributed by atoms with van der Waals surface area (Å²) >= 11 is 0. The highest BCUT2D eigenvalue weighted by atomic mass is 19.1. The Morgan fingerprint density at radius 3 is 2.74 bits per heavy atom. The van der Waals surface area contributed by atoms with Gasteiger partial charge in [-0.3, -0.25) is 5.41 Å². The highest BCUT2D eigenvalue weighted by molar-refractivity contribution is 5.94. The number of carbonyl (C=O) groups excluding carboxylic acids is 1. The maximum Gasteiger partial charge on any atom is 0.339 e. The van der Waals surface area contributed by atoms with Gasteiger partial charge in [0.1, 0.15) is 18.0 Å². The van der Waals surface area contributed by atoms with Crippen LogP contribution in [0.15, 0.2) is 79.4 Å². The van der Waals surface area contributed by atoms with E-state index in [1.54, 1.807) is 18.3 Å². The monoisotopic (exact) mass is 507 g/mol. The van der Waals surface area contributed by atoms with Crippen LogP contribution in [0, 0.1) is 5.82 Å². The van der Waals surface area contributed by atoms with Crippen LogP contribution in [0.4, 0.5) is 21.6 Å². The van der Waals surface area contributed by atoms with Crippen molar-refractivity contribution in [2.75, 3.05) is 17.2 Å². The molecule has 0 unspecified atom stereocenters. The molecule has 1 aliphatic rings. The van der Waals surface area contributed by atoms with Crippen LogP contribution in [0.25, 0.3) is 16.6 Å². The van der Waals surface area contributed by atoms with Crippen LogP contribution < -0.4 is 16.0 Å². The van der Waals surface area contributed by atoms with E-state index in [4.69, 9.17) is 10.1 Å². The number of rotatable bonds is 7. The highest BCUT2D eigenvalue weighted by Gasteiger charge is 2.21. The first-order chi connectivity index (χ1) is 18.6. The predicted octanol–water partition coefficient (Wildman–Crippen LogP) is 3.81. The predicted molar refractivity (Wildman–Crippen MR) is 143 cm³/mol. The number of hydrogen-bond donors (Lipinski definition) is 3. The number of halogens is 1. The van der Waals surface area contributed by atoms with Crippen molar-refractivity contribution in [3.63, 3.8) is 0 Å². The van der Waals surface area contributed by atoms with Gasteiger partial charge < -0.3 is 19.9 Å². The van der Waals surface area contributed by atoms with E-state index < -0.39 is 0 Å². The summed E-state index contributed by atoms with van der Waals surface area (Å²) < 4.78 is 20.3. The van der Waals surface area contributed by atoms with E-state index in [-0.39, 0.29) is 11.8 Å². The quantitative estimate of drug-likeness (QED) is 0.229. The molecule has 0 radical (unpaired) electrons. The van der Waals surface area contributed by atoms with Gasteiger partial charge in [0.25, 0.3) is 0 Å². The first kappa shape index (κ1) is 23.4. The first-order valence-electron chi connectivity index (χ1n) is 12.1. The molecule has 3 aromatic carbocycles. The van der Waals surface area contributed by atoms with Crippen molar-refractivity contribution in [2.45, 2.75) is 13.0 Å². The molecule has 9 heteroatoms. The topological polar surface area (TPSA) is 107 Å². The zero-order chi connectivity index (χ0) is 26.1. The minimum absolute atomic E-state index is 0.262. The highest BCUT2D eigenvalue weighted by Crippen LogP contribution is 2.28. The van der Waals surface area contributed by atoms with Crippen LogP contribution in [0.3, 0.4) is 0 Å². The molecule has 0 atom stereocenters. The maximum absolute atomic E-state index is 13.2. The Hall–Kier alpha value is -5.05. The molecule has 2 aromatic heterocycles. The molecule has 4 N–H and O–H groups in total. The lowest BCUT2D eigenvalue weighted by Gasteiger charge is -2.13. The fraction of sp³-hybridized carbons (Fsp3) is 0.103. The van der Waals surface area contributed by atoms with Crippen molar-refractivity contribution >= 4 is 40.3 Å². The SMILES string of the molecule is [NH2+]=Cc1cc(Nc2ncnc3ccc(-n4cc5c(c4)C(=O)OCC5)cc23)ccc1NCc1ccc(F)cc1. The molecule has 0 saturated heterocycles. The van der Waals surface area contributed by atoms with Crippen molar-refractivity contribution in [1.82, 2.24) is 14.5 Å². The third-order valence-corrected chi connectivity index (χ3v) is 6.54. The summed E-state index contributed by atoms with van der Waals surface area (Å²) in [5, 5.41) is 13.5. The number of nitrogens with zero attached hydrogens (tertiary/aromatic N) is 3. The Balaban J connectivity index is 1.27. The smallest absolute Gasteiger partial charge is 0.339 e. The largest absolute Gasteiger partial charge is 0.462 e. The fourth-order valence-corrected chi connectivity index (χ4v) is 4.54. The van der Waals surface area contributed by atoms with E-state index in [9.17, 15) is 9.18 Å². The number of esters is 1. The standard InChI is InChI=1S/C29H23FN6O2/c30-21-3-1-18(2-4-21)14-32-26-7-5-22(11-20(26)13-31)35-28-24-12-23(6-8-27(24)33-17-34-28)36-15-19-9-10-38-29(37)25(19)16-36/h1-8,11-13,15-17,31-32H,9-10,14H2,(H,33,34,35)/p+1. The number of nitrogens with one attached hydrogen (secondary N) is 2. The van der Waals surface area contributed by atoms with Crippen molar-refractivity contribution in [3.8, 4) is 5.69 Å². The summed E-state index contributed by atoms with van der Waals surface area (Å²) in [6.45, 7) is 0.937. The third-order valence-electron chi connectivity index (χ3n) is 6.54. The van der Waals surface area contributed by atoms with E-state index in [1.807, 2.05) is 47.2 Å².